The van der Waals surface area contributed by atoms with E-state index in [4.69, 9.17) is 11.6 Å². The molecule has 34 heavy (non-hydrogen) atoms. The molecular weight excluding hydrogens is 474 g/mol. The summed E-state index contributed by atoms with van der Waals surface area (Å²) in [4.78, 5) is 30.1. The van der Waals surface area contributed by atoms with Gasteiger partial charge in [0.2, 0.25) is 11.8 Å². The van der Waals surface area contributed by atoms with Crippen molar-refractivity contribution in [1.29, 1.82) is 0 Å². The van der Waals surface area contributed by atoms with Gasteiger partial charge in [0.1, 0.15) is 9.84 Å². The monoisotopic (exact) mass is 509 g/mol. The van der Waals surface area contributed by atoms with Gasteiger partial charge in [-0.2, -0.15) is 0 Å². The first-order valence-electron chi connectivity index (χ1n) is 12.5. The molecule has 0 radical (unpaired) electrons. The standard InChI is InChI=1S/C25H36ClN3O4S/c1-17-15-28(9-10-29(17)25(31)20-5-3-4-6-20)16-21-13-22(26)14-23(18(21)2)27-24(30)19-7-11-34(32,33)12-8-19/h13-14,17,19-20H,3-12,15-16H2,1-2H3,(H,27,30)/t17-/m0/s1. The van der Waals surface area contributed by atoms with E-state index < -0.39 is 9.84 Å². The first-order chi connectivity index (χ1) is 16.1. The molecule has 1 aromatic carbocycles. The number of hydrogen-bond donors (Lipinski definition) is 1. The third kappa shape index (κ3) is 5.94. The van der Waals surface area contributed by atoms with E-state index in [-0.39, 0.29) is 35.3 Å². The van der Waals surface area contributed by atoms with Crippen LogP contribution in [0.4, 0.5) is 5.69 Å². The number of hydrogen-bond acceptors (Lipinski definition) is 5. The van der Waals surface area contributed by atoms with E-state index in [0.29, 0.717) is 36.0 Å². The Balaban J connectivity index is 1.38. The van der Waals surface area contributed by atoms with Crippen molar-refractivity contribution in [3.63, 3.8) is 0 Å². The molecule has 2 heterocycles. The smallest absolute Gasteiger partial charge is 0.227 e. The minimum absolute atomic E-state index is 0.0677. The summed E-state index contributed by atoms with van der Waals surface area (Å²) in [6.07, 6.45) is 5.11. The molecule has 1 atom stereocenters. The Labute approximate surface area is 208 Å². The molecule has 0 aromatic heterocycles. The lowest BCUT2D eigenvalue weighted by Crippen LogP contribution is -2.54. The number of carbonyl (C=O) groups is 2. The highest BCUT2D eigenvalue weighted by molar-refractivity contribution is 7.91. The Morgan fingerprint density at radius 2 is 1.74 bits per heavy atom. The predicted octanol–water partition coefficient (Wildman–Crippen LogP) is 3.63. The average Bonchev–Trinajstić information content (AvgIpc) is 3.31. The van der Waals surface area contributed by atoms with Crippen molar-refractivity contribution in [2.75, 3.05) is 36.5 Å². The lowest BCUT2D eigenvalue weighted by Gasteiger charge is -2.41. The average molecular weight is 510 g/mol. The van der Waals surface area contributed by atoms with Crippen molar-refractivity contribution in [1.82, 2.24) is 9.80 Å². The molecule has 7 nitrogen and oxygen atoms in total. The van der Waals surface area contributed by atoms with Crippen molar-refractivity contribution >= 4 is 38.9 Å². The largest absolute Gasteiger partial charge is 0.337 e. The van der Waals surface area contributed by atoms with Gasteiger partial charge in [0, 0.05) is 54.8 Å². The highest BCUT2D eigenvalue weighted by atomic mass is 35.5. The van der Waals surface area contributed by atoms with Crippen LogP contribution in [0.2, 0.25) is 5.02 Å². The molecule has 3 fully saturated rings. The van der Waals surface area contributed by atoms with Gasteiger partial charge in [0.15, 0.2) is 0 Å². The fourth-order valence-electron chi connectivity index (χ4n) is 5.57. The van der Waals surface area contributed by atoms with Crippen LogP contribution in [0.25, 0.3) is 0 Å². The number of rotatable bonds is 5. The summed E-state index contributed by atoms with van der Waals surface area (Å²) in [7, 11) is -3.01. The number of sulfone groups is 1. The van der Waals surface area contributed by atoms with Gasteiger partial charge in [-0.15, -0.1) is 0 Å². The zero-order chi connectivity index (χ0) is 24.5. The number of anilines is 1. The third-order valence-corrected chi connectivity index (χ3v) is 9.69. The normalized spacial score (nSPS) is 24.3. The van der Waals surface area contributed by atoms with Crippen LogP contribution >= 0.6 is 11.6 Å². The van der Waals surface area contributed by atoms with E-state index in [0.717, 1.165) is 56.4 Å². The second-order valence-electron chi connectivity index (χ2n) is 10.2. The summed E-state index contributed by atoms with van der Waals surface area (Å²) < 4.78 is 23.4. The van der Waals surface area contributed by atoms with Gasteiger partial charge < -0.3 is 10.2 Å². The molecule has 2 amide bonds. The van der Waals surface area contributed by atoms with Crippen LogP contribution in [-0.2, 0) is 26.0 Å². The first-order valence-corrected chi connectivity index (χ1v) is 14.7. The number of amides is 2. The number of carbonyl (C=O) groups excluding carboxylic acids is 2. The van der Waals surface area contributed by atoms with E-state index in [2.05, 4.69) is 22.0 Å². The molecule has 1 aliphatic carbocycles. The van der Waals surface area contributed by atoms with E-state index >= 15 is 0 Å². The van der Waals surface area contributed by atoms with Crippen molar-refractivity contribution < 1.29 is 18.0 Å². The molecule has 9 heteroatoms. The second-order valence-corrected chi connectivity index (χ2v) is 13.0. The van der Waals surface area contributed by atoms with Crippen LogP contribution in [-0.4, -0.2) is 67.2 Å². The van der Waals surface area contributed by atoms with Crippen LogP contribution in [0.3, 0.4) is 0 Å². The molecule has 1 aromatic rings. The number of halogens is 1. The molecule has 2 saturated heterocycles. The van der Waals surface area contributed by atoms with Crippen LogP contribution in [0.1, 0.15) is 56.6 Å². The van der Waals surface area contributed by atoms with Gasteiger partial charge in [0.05, 0.1) is 11.5 Å². The second kappa shape index (κ2) is 10.5. The fourth-order valence-corrected chi connectivity index (χ4v) is 7.30. The Bertz CT molecular complexity index is 1020. The maximum Gasteiger partial charge on any atom is 0.227 e. The molecule has 3 aliphatic rings. The van der Waals surface area contributed by atoms with E-state index in [1.165, 1.54) is 0 Å². The van der Waals surface area contributed by atoms with Crippen molar-refractivity contribution in [3.8, 4) is 0 Å². The molecule has 0 unspecified atom stereocenters. The zero-order valence-corrected chi connectivity index (χ0v) is 21.8. The summed E-state index contributed by atoms with van der Waals surface area (Å²) in [5.74, 6) is 0.232. The van der Waals surface area contributed by atoms with Crippen LogP contribution < -0.4 is 5.32 Å². The number of nitrogens with zero attached hydrogens (tertiary/aromatic N) is 2. The van der Waals surface area contributed by atoms with Crippen LogP contribution in [0, 0.1) is 18.8 Å². The van der Waals surface area contributed by atoms with Crippen molar-refractivity contribution in [3.05, 3.63) is 28.3 Å². The van der Waals surface area contributed by atoms with E-state index in [1.54, 1.807) is 6.07 Å². The quantitative estimate of drug-likeness (QED) is 0.655. The highest BCUT2D eigenvalue weighted by Crippen LogP contribution is 2.30. The Hall–Kier alpha value is -1.64. The minimum atomic E-state index is -3.01. The van der Waals surface area contributed by atoms with E-state index in [9.17, 15) is 18.0 Å². The van der Waals surface area contributed by atoms with Crippen LogP contribution in [0.5, 0.6) is 0 Å². The lowest BCUT2D eigenvalue weighted by molar-refractivity contribution is -0.140. The molecule has 0 bridgehead atoms. The molecule has 188 valence electrons. The van der Waals surface area contributed by atoms with Crippen molar-refractivity contribution in [2.45, 2.75) is 65.0 Å². The lowest BCUT2D eigenvalue weighted by atomic mass is 10.0. The predicted molar refractivity (Wildman–Crippen MR) is 135 cm³/mol. The summed E-state index contributed by atoms with van der Waals surface area (Å²) in [5, 5.41) is 3.56. The molecule has 2 aliphatic heterocycles. The van der Waals surface area contributed by atoms with Crippen LogP contribution in [0.15, 0.2) is 12.1 Å². The number of nitrogens with one attached hydrogen (secondary N) is 1. The molecule has 4 rings (SSSR count). The topological polar surface area (TPSA) is 86.8 Å². The zero-order valence-electron chi connectivity index (χ0n) is 20.2. The first kappa shape index (κ1) is 25.5. The maximum absolute atomic E-state index is 12.9. The van der Waals surface area contributed by atoms with Crippen molar-refractivity contribution in [2.24, 2.45) is 11.8 Å². The highest BCUT2D eigenvalue weighted by Gasteiger charge is 2.33. The van der Waals surface area contributed by atoms with Gasteiger partial charge in [-0.1, -0.05) is 24.4 Å². The van der Waals surface area contributed by atoms with E-state index in [1.807, 2.05) is 13.0 Å². The van der Waals surface area contributed by atoms with Gasteiger partial charge in [-0.3, -0.25) is 14.5 Å². The van der Waals surface area contributed by atoms with Gasteiger partial charge >= 0.3 is 0 Å². The summed E-state index contributed by atoms with van der Waals surface area (Å²) in [6, 6.07) is 3.88. The Morgan fingerprint density at radius 1 is 1.06 bits per heavy atom. The summed E-state index contributed by atoms with van der Waals surface area (Å²) in [5.41, 5.74) is 2.71. The third-order valence-electron chi connectivity index (χ3n) is 7.76. The van der Waals surface area contributed by atoms with Gasteiger partial charge in [0.25, 0.3) is 0 Å². The summed E-state index contributed by atoms with van der Waals surface area (Å²) >= 11 is 6.41. The maximum atomic E-state index is 12.9. The summed E-state index contributed by atoms with van der Waals surface area (Å²) in [6.45, 7) is 7.17. The molecule has 1 N–H and O–H groups in total. The molecule has 0 spiro atoms. The van der Waals surface area contributed by atoms with Gasteiger partial charge in [-0.05, 0) is 62.8 Å². The SMILES string of the molecule is Cc1c(CN2CCN(C(=O)C3CCCC3)[C@@H](C)C2)cc(Cl)cc1NC(=O)C1CCS(=O)(=O)CC1. The Kier molecular flexibility index (Phi) is 7.89. The number of piperazine rings is 1. The molecular formula is C25H36ClN3O4S. The Morgan fingerprint density at radius 3 is 2.38 bits per heavy atom. The number of benzene rings is 1. The minimum Gasteiger partial charge on any atom is -0.337 e. The fraction of sp³-hybridized carbons (Fsp3) is 0.680. The van der Waals surface area contributed by atoms with Gasteiger partial charge in [-0.25, -0.2) is 8.42 Å². The molecule has 1 saturated carbocycles.